The summed E-state index contributed by atoms with van der Waals surface area (Å²) < 4.78 is 11.0. The molecule has 2 amide bonds. The molecule has 1 N–H and O–H groups in total. The van der Waals surface area contributed by atoms with E-state index in [-0.39, 0.29) is 5.91 Å². The normalized spacial score (nSPS) is 24.0. The number of nitrogens with zero attached hydrogens (tertiary/aromatic N) is 2. The van der Waals surface area contributed by atoms with Gasteiger partial charge in [0.15, 0.2) is 0 Å². The lowest BCUT2D eigenvalue weighted by molar-refractivity contribution is -0.126. The Bertz CT molecular complexity index is 605. The molecule has 7 heteroatoms. The number of amides is 2. The Kier molecular flexibility index (Phi) is 6.99. The molecule has 0 radical (unpaired) electrons. The number of rotatable bonds is 4. The van der Waals surface area contributed by atoms with E-state index in [1.165, 1.54) is 17.6 Å². The fourth-order valence-electron chi connectivity index (χ4n) is 4.15. The highest BCUT2D eigenvalue weighted by Gasteiger charge is 2.38. The van der Waals surface area contributed by atoms with Gasteiger partial charge in [-0.15, -0.1) is 0 Å². The van der Waals surface area contributed by atoms with Crippen LogP contribution in [0.15, 0.2) is 11.1 Å². The third kappa shape index (κ3) is 5.70. The molecule has 0 unspecified atom stereocenters. The van der Waals surface area contributed by atoms with Crippen molar-refractivity contribution < 1.29 is 19.1 Å². The van der Waals surface area contributed by atoms with E-state index in [9.17, 15) is 9.59 Å². The van der Waals surface area contributed by atoms with Gasteiger partial charge in [0.25, 0.3) is 0 Å². The largest absolute Gasteiger partial charge is 0.444 e. The summed E-state index contributed by atoms with van der Waals surface area (Å²) in [5, 5.41) is 3.05. The summed E-state index contributed by atoms with van der Waals surface area (Å²) in [6.07, 6.45) is 4.67. The number of hydrogen-bond donors (Lipinski definition) is 1. The van der Waals surface area contributed by atoms with Crippen LogP contribution >= 0.6 is 0 Å². The molecule has 1 atom stereocenters. The first-order valence-electron chi connectivity index (χ1n) is 10.6. The average Bonchev–Trinajstić information content (AvgIpc) is 2.66. The van der Waals surface area contributed by atoms with E-state index in [0.717, 1.165) is 52.1 Å². The van der Waals surface area contributed by atoms with Crippen molar-refractivity contribution in [1.29, 1.82) is 0 Å². The Morgan fingerprint density at radius 2 is 1.82 bits per heavy atom. The topological polar surface area (TPSA) is 71.1 Å². The van der Waals surface area contributed by atoms with Crippen LogP contribution in [0.3, 0.4) is 0 Å². The van der Waals surface area contributed by atoms with E-state index < -0.39 is 17.7 Å². The molecule has 158 valence electrons. The fraction of sp³-hybridized carbons (Fsp3) is 0.810. The Morgan fingerprint density at radius 3 is 2.50 bits per heavy atom. The van der Waals surface area contributed by atoms with E-state index in [4.69, 9.17) is 9.47 Å². The van der Waals surface area contributed by atoms with Gasteiger partial charge in [-0.1, -0.05) is 11.1 Å². The number of ether oxygens (including phenoxy) is 2. The summed E-state index contributed by atoms with van der Waals surface area (Å²) in [6, 6.07) is -0.476. The predicted molar refractivity (Wildman–Crippen MR) is 107 cm³/mol. The summed E-state index contributed by atoms with van der Waals surface area (Å²) in [5.74, 6) is -0.0729. The maximum atomic E-state index is 13.0. The lowest BCUT2D eigenvalue weighted by Gasteiger charge is -2.39. The highest BCUT2D eigenvalue weighted by molar-refractivity contribution is 5.86. The van der Waals surface area contributed by atoms with E-state index in [1.807, 2.05) is 20.8 Å². The number of morpholine rings is 1. The maximum absolute atomic E-state index is 13.0. The van der Waals surface area contributed by atoms with Crippen LogP contribution in [0.4, 0.5) is 4.79 Å². The summed E-state index contributed by atoms with van der Waals surface area (Å²) >= 11 is 0. The molecule has 1 fully saturated rings. The Labute approximate surface area is 168 Å². The molecule has 2 aliphatic heterocycles. The predicted octanol–water partition coefficient (Wildman–Crippen LogP) is 2.31. The molecule has 3 rings (SSSR count). The SMILES string of the molecule is CC(C)(C)OC(=O)N1CC2=C(CCCC2)C[C@H]1C(=O)NCCN1CCOCC1. The van der Waals surface area contributed by atoms with Crippen molar-refractivity contribution in [3.05, 3.63) is 11.1 Å². The molecule has 0 aromatic rings. The van der Waals surface area contributed by atoms with Gasteiger partial charge in [-0.05, 0) is 52.9 Å². The second-order valence-corrected chi connectivity index (χ2v) is 8.99. The minimum absolute atomic E-state index is 0.0729. The van der Waals surface area contributed by atoms with Crippen LogP contribution in [0.1, 0.15) is 52.9 Å². The lowest BCUT2D eigenvalue weighted by Crippen LogP contribution is -2.54. The van der Waals surface area contributed by atoms with Gasteiger partial charge in [-0.2, -0.15) is 0 Å². The second-order valence-electron chi connectivity index (χ2n) is 8.99. The Balaban J connectivity index is 1.63. The molecule has 2 heterocycles. The summed E-state index contributed by atoms with van der Waals surface area (Å²) in [6.45, 7) is 10.8. The number of hydrogen-bond acceptors (Lipinski definition) is 5. The van der Waals surface area contributed by atoms with Crippen molar-refractivity contribution in [2.24, 2.45) is 0 Å². The molecule has 28 heavy (non-hydrogen) atoms. The van der Waals surface area contributed by atoms with Crippen LogP contribution in [0.5, 0.6) is 0 Å². The van der Waals surface area contributed by atoms with Crippen LogP contribution in [0.25, 0.3) is 0 Å². The number of carbonyl (C=O) groups is 2. The van der Waals surface area contributed by atoms with Crippen molar-refractivity contribution in [2.45, 2.75) is 64.5 Å². The van der Waals surface area contributed by atoms with Gasteiger partial charge in [0.1, 0.15) is 11.6 Å². The van der Waals surface area contributed by atoms with E-state index in [2.05, 4.69) is 10.2 Å². The van der Waals surface area contributed by atoms with Crippen LogP contribution in [0.2, 0.25) is 0 Å². The average molecular weight is 394 g/mol. The first kappa shape index (κ1) is 21.1. The Morgan fingerprint density at radius 1 is 1.14 bits per heavy atom. The molecule has 1 aliphatic carbocycles. The minimum Gasteiger partial charge on any atom is -0.444 e. The molecule has 0 bridgehead atoms. The van der Waals surface area contributed by atoms with Gasteiger partial charge < -0.3 is 14.8 Å². The zero-order chi connectivity index (χ0) is 20.1. The van der Waals surface area contributed by atoms with Crippen molar-refractivity contribution in [3.8, 4) is 0 Å². The van der Waals surface area contributed by atoms with Crippen molar-refractivity contribution >= 4 is 12.0 Å². The van der Waals surface area contributed by atoms with Crippen molar-refractivity contribution in [1.82, 2.24) is 15.1 Å². The first-order chi connectivity index (χ1) is 13.3. The molecule has 0 aromatic heterocycles. The van der Waals surface area contributed by atoms with Crippen molar-refractivity contribution in [3.63, 3.8) is 0 Å². The van der Waals surface area contributed by atoms with Gasteiger partial charge >= 0.3 is 6.09 Å². The van der Waals surface area contributed by atoms with Crippen LogP contribution in [-0.4, -0.2) is 79.4 Å². The van der Waals surface area contributed by atoms with Gasteiger partial charge in [0, 0.05) is 32.7 Å². The maximum Gasteiger partial charge on any atom is 0.411 e. The van der Waals surface area contributed by atoms with Gasteiger partial charge in [-0.3, -0.25) is 14.6 Å². The zero-order valence-corrected chi connectivity index (χ0v) is 17.6. The third-order valence-electron chi connectivity index (χ3n) is 5.65. The monoisotopic (exact) mass is 393 g/mol. The first-order valence-corrected chi connectivity index (χ1v) is 10.6. The van der Waals surface area contributed by atoms with Crippen LogP contribution in [-0.2, 0) is 14.3 Å². The highest BCUT2D eigenvalue weighted by atomic mass is 16.6. The molecule has 0 spiro atoms. The molecular formula is C21H35N3O4. The second kappa shape index (κ2) is 9.27. The molecule has 0 saturated carbocycles. The summed E-state index contributed by atoms with van der Waals surface area (Å²) in [7, 11) is 0. The third-order valence-corrected chi connectivity index (χ3v) is 5.65. The minimum atomic E-state index is -0.574. The molecular weight excluding hydrogens is 358 g/mol. The molecule has 7 nitrogen and oxygen atoms in total. The van der Waals surface area contributed by atoms with Gasteiger partial charge in [-0.25, -0.2) is 4.79 Å². The van der Waals surface area contributed by atoms with E-state index >= 15 is 0 Å². The van der Waals surface area contributed by atoms with Crippen molar-refractivity contribution in [2.75, 3.05) is 45.9 Å². The molecule has 1 saturated heterocycles. The standard InChI is InChI=1S/C21H35N3O4/c1-21(2,3)28-20(26)24-15-17-7-5-4-6-16(17)14-18(24)19(25)22-8-9-23-10-12-27-13-11-23/h18H,4-15H2,1-3H3,(H,22,25)/t18-/m0/s1. The van der Waals surface area contributed by atoms with E-state index in [1.54, 1.807) is 4.90 Å². The molecule has 3 aliphatic rings. The zero-order valence-electron chi connectivity index (χ0n) is 17.6. The summed E-state index contributed by atoms with van der Waals surface area (Å²) in [4.78, 5) is 29.7. The molecule has 0 aromatic carbocycles. The number of nitrogens with one attached hydrogen (secondary N) is 1. The highest BCUT2D eigenvalue weighted by Crippen LogP contribution is 2.34. The van der Waals surface area contributed by atoms with Crippen LogP contribution < -0.4 is 5.32 Å². The lowest BCUT2D eigenvalue weighted by atomic mass is 9.84. The Hall–Kier alpha value is -1.60. The number of carbonyl (C=O) groups excluding carboxylic acids is 2. The van der Waals surface area contributed by atoms with E-state index in [0.29, 0.717) is 19.5 Å². The quantitative estimate of drug-likeness (QED) is 0.742. The van der Waals surface area contributed by atoms with Crippen LogP contribution in [0, 0.1) is 0 Å². The fourth-order valence-corrected chi connectivity index (χ4v) is 4.15. The van der Waals surface area contributed by atoms with Gasteiger partial charge in [0.2, 0.25) is 5.91 Å². The summed E-state index contributed by atoms with van der Waals surface area (Å²) in [5.41, 5.74) is 2.13. The van der Waals surface area contributed by atoms with Gasteiger partial charge in [0.05, 0.1) is 13.2 Å². The smallest absolute Gasteiger partial charge is 0.411 e.